The topological polar surface area (TPSA) is 36.5 Å². The fourth-order valence-corrected chi connectivity index (χ4v) is 2.51. The zero-order chi connectivity index (χ0) is 14.7. The third-order valence-electron chi connectivity index (χ3n) is 3.58. The highest BCUT2D eigenvalue weighted by Crippen LogP contribution is 2.12. The summed E-state index contributed by atoms with van der Waals surface area (Å²) in [4.78, 5) is 0. The number of nitrogens with zero attached hydrogens (tertiary/aromatic N) is 2. The van der Waals surface area contributed by atoms with E-state index in [1.54, 1.807) is 0 Å². The fourth-order valence-electron chi connectivity index (χ4n) is 2.51. The van der Waals surface area contributed by atoms with E-state index in [4.69, 9.17) is 0 Å². The summed E-state index contributed by atoms with van der Waals surface area (Å²) < 4.78 is 2.09. The Balaban J connectivity index is 2.02. The number of fused-ring (bicyclic) bond motifs is 1. The van der Waals surface area contributed by atoms with Gasteiger partial charge in [-0.2, -0.15) is 4.57 Å². The monoisotopic (exact) mass is 277 g/mol. The molecule has 0 atom stereocenters. The van der Waals surface area contributed by atoms with Gasteiger partial charge in [0.1, 0.15) is 0 Å². The number of hydrogen-bond acceptors (Lipinski definition) is 2. The van der Waals surface area contributed by atoms with Crippen molar-refractivity contribution >= 4 is 16.6 Å². The van der Waals surface area contributed by atoms with Crippen molar-refractivity contribution in [3.63, 3.8) is 0 Å². The number of benzene rings is 2. The average Bonchev–Trinajstić information content (AvgIpc) is 2.53. The second-order valence-electron chi connectivity index (χ2n) is 5.11. The van der Waals surface area contributed by atoms with Gasteiger partial charge < -0.3 is 5.21 Å². The SMILES string of the molecule is Cc1ccc2c(ccc[n+]2CC(=NO)c2ccccc2)c1. The molecule has 0 radical (unpaired) electrons. The Bertz CT molecular complexity index is 795. The van der Waals surface area contributed by atoms with Crippen LogP contribution in [0.5, 0.6) is 0 Å². The lowest BCUT2D eigenvalue weighted by molar-refractivity contribution is -0.655. The highest BCUT2D eigenvalue weighted by atomic mass is 16.4. The fraction of sp³-hybridized carbons (Fsp3) is 0.111. The van der Waals surface area contributed by atoms with Gasteiger partial charge in [-0.25, -0.2) is 0 Å². The summed E-state index contributed by atoms with van der Waals surface area (Å²) in [6.45, 7) is 2.61. The summed E-state index contributed by atoms with van der Waals surface area (Å²) in [5.41, 5.74) is 3.94. The van der Waals surface area contributed by atoms with E-state index in [9.17, 15) is 5.21 Å². The van der Waals surface area contributed by atoms with Gasteiger partial charge in [-0.1, -0.05) is 47.1 Å². The summed E-state index contributed by atoms with van der Waals surface area (Å²) in [6, 6.07) is 20.2. The molecule has 2 aromatic carbocycles. The Morgan fingerprint density at radius 3 is 2.62 bits per heavy atom. The maximum Gasteiger partial charge on any atom is 0.212 e. The van der Waals surface area contributed by atoms with Gasteiger partial charge in [0.05, 0.1) is 0 Å². The Morgan fingerprint density at radius 2 is 1.86 bits per heavy atom. The van der Waals surface area contributed by atoms with Gasteiger partial charge in [-0.3, -0.25) is 0 Å². The Hall–Kier alpha value is -2.68. The van der Waals surface area contributed by atoms with Crippen LogP contribution in [0.3, 0.4) is 0 Å². The maximum absolute atomic E-state index is 9.33. The minimum atomic E-state index is 0.529. The van der Waals surface area contributed by atoms with Crippen LogP contribution in [0.15, 0.2) is 72.0 Å². The largest absolute Gasteiger partial charge is 0.410 e. The molecule has 0 saturated heterocycles. The lowest BCUT2D eigenvalue weighted by Gasteiger charge is -2.04. The Kier molecular flexibility index (Phi) is 3.65. The zero-order valence-corrected chi connectivity index (χ0v) is 11.9. The van der Waals surface area contributed by atoms with E-state index in [0.717, 1.165) is 11.1 Å². The van der Waals surface area contributed by atoms with Gasteiger partial charge in [0.2, 0.25) is 5.52 Å². The third-order valence-corrected chi connectivity index (χ3v) is 3.58. The molecule has 21 heavy (non-hydrogen) atoms. The summed E-state index contributed by atoms with van der Waals surface area (Å²) >= 11 is 0. The number of aryl methyl sites for hydroxylation is 1. The highest BCUT2D eigenvalue weighted by Gasteiger charge is 2.14. The zero-order valence-electron chi connectivity index (χ0n) is 11.9. The molecule has 0 amide bonds. The van der Waals surface area contributed by atoms with Crippen molar-refractivity contribution in [2.45, 2.75) is 13.5 Å². The van der Waals surface area contributed by atoms with Crippen molar-refractivity contribution in [2.75, 3.05) is 0 Å². The van der Waals surface area contributed by atoms with Gasteiger partial charge in [0.25, 0.3) is 0 Å². The molecule has 0 spiro atoms. The van der Waals surface area contributed by atoms with Crippen LogP contribution in [0.25, 0.3) is 10.9 Å². The van der Waals surface area contributed by atoms with E-state index < -0.39 is 0 Å². The standard InChI is InChI=1S/C18H16N2O/c1-14-9-10-18-16(12-14)8-5-11-20(18)13-17(19-21)15-6-3-2-4-7-15/h2-12H,13H2,1H3/p+1. The van der Waals surface area contributed by atoms with Crippen molar-refractivity contribution < 1.29 is 9.77 Å². The molecule has 1 N–H and O–H groups in total. The van der Waals surface area contributed by atoms with Gasteiger partial charge in [0, 0.05) is 23.1 Å². The molecule has 0 fully saturated rings. The molecule has 0 bridgehead atoms. The van der Waals surface area contributed by atoms with E-state index in [1.807, 2.05) is 42.6 Å². The van der Waals surface area contributed by atoms with Crippen molar-refractivity contribution in [1.29, 1.82) is 0 Å². The van der Waals surface area contributed by atoms with Crippen LogP contribution in [-0.2, 0) is 6.54 Å². The van der Waals surface area contributed by atoms with Gasteiger partial charge >= 0.3 is 0 Å². The molecular weight excluding hydrogens is 260 g/mol. The van der Waals surface area contributed by atoms with E-state index in [-0.39, 0.29) is 0 Å². The molecule has 0 aliphatic heterocycles. The van der Waals surface area contributed by atoms with Crippen molar-refractivity contribution in [2.24, 2.45) is 5.16 Å². The van der Waals surface area contributed by atoms with Crippen LogP contribution < -0.4 is 4.57 Å². The molecule has 3 rings (SSSR count). The van der Waals surface area contributed by atoms with Gasteiger partial charge in [-0.05, 0) is 19.1 Å². The quantitative estimate of drug-likeness (QED) is 0.339. The lowest BCUT2D eigenvalue weighted by atomic mass is 10.1. The second-order valence-corrected chi connectivity index (χ2v) is 5.11. The molecule has 0 aliphatic rings. The molecule has 3 heteroatoms. The molecule has 3 aromatic rings. The van der Waals surface area contributed by atoms with Crippen LogP contribution in [0, 0.1) is 6.92 Å². The van der Waals surface area contributed by atoms with E-state index in [2.05, 4.69) is 40.9 Å². The molecule has 104 valence electrons. The second kappa shape index (κ2) is 5.75. The number of rotatable bonds is 3. The molecule has 0 unspecified atom stereocenters. The first-order valence-electron chi connectivity index (χ1n) is 6.93. The first-order chi connectivity index (χ1) is 10.3. The van der Waals surface area contributed by atoms with Crippen molar-refractivity contribution in [1.82, 2.24) is 0 Å². The predicted octanol–water partition coefficient (Wildman–Crippen LogP) is 3.31. The van der Waals surface area contributed by atoms with E-state index >= 15 is 0 Å². The Labute approximate surface area is 123 Å². The maximum atomic E-state index is 9.33. The van der Waals surface area contributed by atoms with Gasteiger partial charge in [0.15, 0.2) is 18.5 Å². The van der Waals surface area contributed by atoms with E-state index in [0.29, 0.717) is 12.3 Å². The van der Waals surface area contributed by atoms with Gasteiger partial charge in [-0.15, -0.1) is 0 Å². The van der Waals surface area contributed by atoms with Crippen LogP contribution >= 0.6 is 0 Å². The Morgan fingerprint density at radius 1 is 1.05 bits per heavy atom. The third kappa shape index (κ3) is 2.77. The lowest BCUT2D eigenvalue weighted by Crippen LogP contribution is -2.38. The number of oxime groups is 1. The minimum absolute atomic E-state index is 0.529. The average molecular weight is 277 g/mol. The summed E-state index contributed by atoms with van der Waals surface area (Å²) in [5.74, 6) is 0. The number of pyridine rings is 1. The van der Waals surface area contributed by atoms with Crippen molar-refractivity contribution in [3.8, 4) is 0 Å². The minimum Gasteiger partial charge on any atom is -0.410 e. The molecular formula is C18H17N2O+. The summed E-state index contributed by atoms with van der Waals surface area (Å²) in [7, 11) is 0. The highest BCUT2D eigenvalue weighted by molar-refractivity contribution is 5.99. The number of hydrogen-bond donors (Lipinski definition) is 1. The van der Waals surface area contributed by atoms with Crippen LogP contribution in [-0.4, -0.2) is 10.9 Å². The molecule has 3 nitrogen and oxygen atoms in total. The first-order valence-corrected chi connectivity index (χ1v) is 6.93. The molecule has 0 saturated carbocycles. The van der Waals surface area contributed by atoms with Crippen LogP contribution in [0.1, 0.15) is 11.1 Å². The molecule has 1 aromatic heterocycles. The normalized spacial score (nSPS) is 11.8. The summed E-state index contributed by atoms with van der Waals surface area (Å²) in [5, 5.41) is 14.0. The summed E-state index contributed by atoms with van der Waals surface area (Å²) in [6.07, 6.45) is 2.01. The van der Waals surface area contributed by atoms with E-state index in [1.165, 1.54) is 10.9 Å². The van der Waals surface area contributed by atoms with Crippen LogP contribution in [0.2, 0.25) is 0 Å². The van der Waals surface area contributed by atoms with Crippen LogP contribution in [0.4, 0.5) is 0 Å². The predicted molar refractivity (Wildman–Crippen MR) is 83.6 cm³/mol. The number of aromatic nitrogens is 1. The molecule has 1 heterocycles. The van der Waals surface area contributed by atoms with Crippen molar-refractivity contribution in [3.05, 3.63) is 78.0 Å². The molecule has 0 aliphatic carbocycles. The smallest absolute Gasteiger partial charge is 0.212 e. The first kappa shape index (κ1) is 13.3.